The second-order valence-electron chi connectivity index (χ2n) is 33.4. The van der Waals surface area contributed by atoms with Crippen LogP contribution < -0.4 is 0 Å². The highest BCUT2D eigenvalue weighted by Crippen LogP contribution is 2.25. The number of hydrogen-bond acceptors (Lipinski definition) is 0. The van der Waals surface area contributed by atoms with E-state index in [0.717, 1.165) is 65.1 Å². The molecule has 0 aromatic carbocycles. The van der Waals surface area contributed by atoms with Crippen LogP contribution in [-0.4, -0.2) is 0 Å². The van der Waals surface area contributed by atoms with Crippen LogP contribution in [0.5, 0.6) is 0 Å². The SMILES string of the molecule is CC(C)C(C)(C)C.CC(C)CC(C)C.CCC(C)(C)CC.CCC(C)(C)CC.CCC(C)C(C)C.CCC(CC)CC.CCCC(C)(C)C.CCCC(C)(C)C.CCCC(C)CC.CCCC(C)CC.CCCCC(C)C.CC[C@H](C)C(C)C. The molecule has 4 atom stereocenters. The van der Waals surface area contributed by atoms with Crippen LogP contribution in [0.2, 0.25) is 0 Å². The highest BCUT2D eigenvalue weighted by atomic mass is 14.2. The molecule has 3 unspecified atom stereocenters. The maximum atomic E-state index is 2.31. The van der Waals surface area contributed by atoms with Crippen molar-refractivity contribution in [3.05, 3.63) is 0 Å². The molecule has 0 aliphatic carbocycles. The fourth-order valence-corrected chi connectivity index (χ4v) is 6.76. The summed E-state index contributed by atoms with van der Waals surface area (Å²) in [6, 6.07) is 0. The van der Waals surface area contributed by atoms with Crippen LogP contribution >= 0.6 is 0 Å². The van der Waals surface area contributed by atoms with E-state index in [4.69, 9.17) is 0 Å². The first-order valence-corrected chi connectivity index (χ1v) is 38.0. The van der Waals surface area contributed by atoms with Gasteiger partial charge in [-0.05, 0) is 111 Å². The Morgan fingerprint density at radius 3 is 0.548 bits per heavy atom. The zero-order valence-corrected chi connectivity index (χ0v) is 70.1. The van der Waals surface area contributed by atoms with Gasteiger partial charge in [-0.25, -0.2) is 0 Å². The van der Waals surface area contributed by atoms with Gasteiger partial charge in [0.25, 0.3) is 0 Å². The molecule has 84 heavy (non-hydrogen) atoms. The van der Waals surface area contributed by atoms with Gasteiger partial charge in [0.1, 0.15) is 0 Å². The Labute approximate surface area is 548 Å². The summed E-state index contributed by atoms with van der Waals surface area (Å²) in [7, 11) is 0. The number of hydrogen-bond donors (Lipinski definition) is 0. The van der Waals surface area contributed by atoms with E-state index in [2.05, 4.69) is 312 Å². The Bertz CT molecular complexity index is 962. The lowest BCUT2D eigenvalue weighted by molar-refractivity contribution is 0.283. The van der Waals surface area contributed by atoms with E-state index in [9.17, 15) is 0 Å². The van der Waals surface area contributed by atoms with Gasteiger partial charge in [0, 0.05) is 0 Å². The maximum absolute atomic E-state index is 2.31. The fraction of sp³-hybridized carbons (Fsp3) is 1.00. The van der Waals surface area contributed by atoms with E-state index in [-0.39, 0.29) is 0 Å². The minimum Gasteiger partial charge on any atom is -0.0654 e. The first-order chi connectivity index (χ1) is 38.0. The quantitative estimate of drug-likeness (QED) is 0.0904. The monoisotopic (exact) mass is 1200 g/mol. The first-order valence-electron chi connectivity index (χ1n) is 38.0. The van der Waals surface area contributed by atoms with Crippen molar-refractivity contribution < 1.29 is 0 Å². The molecule has 0 bridgehead atoms. The molecule has 0 aromatic rings. The molecular formula is C84H192. The van der Waals surface area contributed by atoms with Crippen molar-refractivity contribution in [2.45, 2.75) is 459 Å². The molecule has 0 heteroatoms. The molecule has 528 valence electrons. The van der Waals surface area contributed by atoms with Crippen molar-refractivity contribution in [3.63, 3.8) is 0 Å². The van der Waals surface area contributed by atoms with Crippen LogP contribution in [-0.2, 0) is 0 Å². The van der Waals surface area contributed by atoms with Crippen molar-refractivity contribution in [1.29, 1.82) is 0 Å². The van der Waals surface area contributed by atoms with E-state index < -0.39 is 0 Å². The molecule has 0 heterocycles. The highest BCUT2D eigenvalue weighted by Gasteiger charge is 2.14. The summed E-state index contributed by atoms with van der Waals surface area (Å²) in [6.07, 6.45) is 30.8. The van der Waals surface area contributed by atoms with Gasteiger partial charge in [0.2, 0.25) is 0 Å². The van der Waals surface area contributed by atoms with E-state index >= 15 is 0 Å². The van der Waals surface area contributed by atoms with Gasteiger partial charge in [-0.3, -0.25) is 0 Å². The molecule has 0 fully saturated rings. The smallest absolute Gasteiger partial charge is 0.0359 e. The minimum atomic E-state index is 0.500. The van der Waals surface area contributed by atoms with Crippen molar-refractivity contribution in [2.24, 2.45) is 92.2 Å². The predicted molar refractivity (Wildman–Crippen MR) is 412 cm³/mol. The minimum absolute atomic E-state index is 0.500. The van der Waals surface area contributed by atoms with E-state index in [0.29, 0.717) is 27.1 Å². The van der Waals surface area contributed by atoms with E-state index in [1.165, 1.54) is 148 Å². The van der Waals surface area contributed by atoms with Crippen molar-refractivity contribution in [2.75, 3.05) is 0 Å². The molecule has 0 amide bonds. The highest BCUT2D eigenvalue weighted by molar-refractivity contribution is 4.65. The maximum Gasteiger partial charge on any atom is -0.0359 e. The van der Waals surface area contributed by atoms with Gasteiger partial charge >= 0.3 is 0 Å². The lowest BCUT2D eigenvalue weighted by atomic mass is 9.84. The van der Waals surface area contributed by atoms with Crippen LogP contribution in [0.15, 0.2) is 0 Å². The largest absolute Gasteiger partial charge is 0.0654 e. The third-order valence-electron chi connectivity index (χ3n) is 17.9. The predicted octanol–water partition coefficient (Wildman–Crippen LogP) is 33.4. The average molecular weight is 1200 g/mol. The Morgan fingerprint density at radius 2 is 0.524 bits per heavy atom. The molecule has 0 aromatic heterocycles. The van der Waals surface area contributed by atoms with Crippen molar-refractivity contribution in [1.82, 2.24) is 0 Å². The second-order valence-corrected chi connectivity index (χ2v) is 33.4. The molecule has 0 nitrogen and oxygen atoms in total. The van der Waals surface area contributed by atoms with E-state index in [1.54, 1.807) is 0 Å². The van der Waals surface area contributed by atoms with Gasteiger partial charge in [-0.1, -0.05) is 440 Å². The third-order valence-corrected chi connectivity index (χ3v) is 17.9. The van der Waals surface area contributed by atoms with Crippen LogP contribution in [0.3, 0.4) is 0 Å². The van der Waals surface area contributed by atoms with Gasteiger partial charge in [0.05, 0.1) is 0 Å². The molecule has 0 N–H and O–H groups in total. The van der Waals surface area contributed by atoms with Gasteiger partial charge in [-0.15, -0.1) is 0 Å². The Morgan fingerprint density at radius 1 is 0.274 bits per heavy atom. The summed E-state index contributed by atoms with van der Waals surface area (Å²) in [5.41, 5.74) is 2.77. The summed E-state index contributed by atoms with van der Waals surface area (Å²) in [4.78, 5) is 0. The molecule has 0 aliphatic rings. The summed E-state index contributed by atoms with van der Waals surface area (Å²) >= 11 is 0. The van der Waals surface area contributed by atoms with Crippen molar-refractivity contribution >= 4 is 0 Å². The van der Waals surface area contributed by atoms with Gasteiger partial charge in [0.15, 0.2) is 0 Å². The average Bonchev–Trinajstić information content (AvgIpc) is 3.38. The molecule has 0 radical (unpaired) electrons. The van der Waals surface area contributed by atoms with Crippen LogP contribution in [0.25, 0.3) is 0 Å². The van der Waals surface area contributed by atoms with E-state index in [1.807, 2.05) is 0 Å². The molecule has 0 saturated heterocycles. The summed E-state index contributed by atoms with van der Waals surface area (Å²) in [5, 5.41) is 0. The van der Waals surface area contributed by atoms with Gasteiger partial charge in [-0.2, -0.15) is 0 Å². The molecular weight excluding hydrogens is 1010 g/mol. The lowest BCUT2D eigenvalue weighted by Crippen LogP contribution is -2.12. The Hall–Kier alpha value is 0. The zero-order valence-electron chi connectivity index (χ0n) is 70.1. The zero-order chi connectivity index (χ0) is 70.1. The Balaban J connectivity index is -0.0000000673. The third kappa shape index (κ3) is 140. The summed E-state index contributed by atoms with van der Waals surface area (Å²) in [5.74, 6) is 9.87. The first kappa shape index (κ1) is 112. The van der Waals surface area contributed by atoms with Crippen LogP contribution in [0.1, 0.15) is 459 Å². The molecule has 0 aliphatic heterocycles. The molecule has 0 rings (SSSR count). The van der Waals surface area contributed by atoms with Crippen molar-refractivity contribution in [3.8, 4) is 0 Å². The summed E-state index contributed by atoms with van der Waals surface area (Å²) < 4.78 is 0. The van der Waals surface area contributed by atoms with Crippen LogP contribution in [0, 0.1) is 92.2 Å². The standard InChI is InChI=1S/12C7H16/c1-6(2)7(3,4)5;1-6(2)5-7(3)4;2*1-5-6-7(2,3)4;2*1-5-7(3,4)6-2;2*1-5-7(4)6(2)3;1-4-5-6-7(2)3;2*1-4-6-7(3)5-2;1-4-7(5-2)6-3/h6H,1-5H3;6-7H,5H2,1-4H3;4*5-6H2,1-4H3;2*6-7H,5H2,1-4H3;4*7H,4-6H2,1-3H3/t;;;;;;7-;;;;;/m......0...../s1. The topological polar surface area (TPSA) is 0 Å². The lowest BCUT2D eigenvalue weighted by Gasteiger charge is -2.22. The molecule has 0 saturated carbocycles. The Kier molecular flexibility index (Phi) is 100. The van der Waals surface area contributed by atoms with Gasteiger partial charge < -0.3 is 0 Å². The normalized spacial score (nSPS) is 12.6. The number of unbranched alkanes of at least 4 members (excludes halogenated alkanes) is 1. The summed E-state index contributed by atoms with van der Waals surface area (Å²) in [6.45, 7) is 102. The second kappa shape index (κ2) is 75.5. The number of rotatable bonds is 24. The fourth-order valence-electron chi connectivity index (χ4n) is 6.76. The van der Waals surface area contributed by atoms with Crippen LogP contribution in [0.4, 0.5) is 0 Å². The molecule has 0 spiro atoms.